The summed E-state index contributed by atoms with van der Waals surface area (Å²) in [6.07, 6.45) is 0.255. The number of hydrogen-bond acceptors (Lipinski definition) is 6. The van der Waals surface area contributed by atoms with Gasteiger partial charge in [-0.25, -0.2) is 13.1 Å². The number of methoxy groups -OCH3 is 3. The Morgan fingerprint density at radius 1 is 1.24 bits per heavy atom. The summed E-state index contributed by atoms with van der Waals surface area (Å²) in [7, 11) is 0.538. The van der Waals surface area contributed by atoms with Crippen LogP contribution in [0.4, 0.5) is 0 Å². The van der Waals surface area contributed by atoms with Gasteiger partial charge in [-0.15, -0.1) is 0 Å². The van der Waals surface area contributed by atoms with Crippen molar-refractivity contribution in [2.45, 2.75) is 17.4 Å². The summed E-state index contributed by atoms with van der Waals surface area (Å²) in [5, 5.41) is 8.97. The van der Waals surface area contributed by atoms with Crippen LogP contribution in [-0.4, -0.2) is 54.1 Å². The molecule has 0 aliphatic heterocycles. The lowest BCUT2D eigenvalue weighted by Gasteiger charge is -2.18. The lowest BCUT2D eigenvalue weighted by Crippen LogP contribution is -2.38. The van der Waals surface area contributed by atoms with Crippen molar-refractivity contribution in [1.29, 1.82) is 0 Å². The maximum absolute atomic E-state index is 12.4. The number of aliphatic hydroxyl groups excluding tert-OH is 1. The zero-order valence-corrected chi connectivity index (χ0v) is 13.1. The van der Waals surface area contributed by atoms with Crippen LogP contribution in [0.2, 0.25) is 0 Å². The molecule has 0 radical (unpaired) electrons. The third-order valence-electron chi connectivity index (χ3n) is 2.83. The molecule has 1 unspecified atom stereocenters. The monoisotopic (exact) mass is 319 g/mol. The fraction of sp³-hybridized carbons (Fsp3) is 0.538. The topological polar surface area (TPSA) is 94.1 Å². The normalized spacial score (nSPS) is 13.0. The highest BCUT2D eigenvalue weighted by atomic mass is 32.2. The molecule has 0 spiro atoms. The Hall–Kier alpha value is -1.35. The highest BCUT2D eigenvalue weighted by Crippen LogP contribution is 2.28. The van der Waals surface area contributed by atoms with Crippen molar-refractivity contribution in [3.05, 3.63) is 18.2 Å². The van der Waals surface area contributed by atoms with E-state index in [2.05, 4.69) is 4.72 Å². The summed E-state index contributed by atoms with van der Waals surface area (Å²) < 4.78 is 42.4. The molecule has 120 valence electrons. The van der Waals surface area contributed by atoms with E-state index in [9.17, 15) is 8.42 Å². The van der Waals surface area contributed by atoms with Crippen LogP contribution in [0.3, 0.4) is 0 Å². The van der Waals surface area contributed by atoms with Gasteiger partial charge in [0.05, 0.1) is 20.8 Å². The Morgan fingerprint density at radius 3 is 2.48 bits per heavy atom. The van der Waals surface area contributed by atoms with Gasteiger partial charge in [-0.3, -0.25) is 0 Å². The molecule has 1 aromatic carbocycles. The lowest BCUT2D eigenvalue weighted by atomic mass is 10.2. The molecular formula is C13H21NO6S. The van der Waals surface area contributed by atoms with Gasteiger partial charge in [0.15, 0.2) is 0 Å². The Balaban J connectivity index is 3.06. The van der Waals surface area contributed by atoms with Crippen molar-refractivity contribution in [1.82, 2.24) is 4.72 Å². The number of sulfonamides is 1. The lowest BCUT2D eigenvalue weighted by molar-refractivity contribution is 0.158. The van der Waals surface area contributed by atoms with Gasteiger partial charge in [0.2, 0.25) is 10.0 Å². The van der Waals surface area contributed by atoms with Crippen LogP contribution < -0.4 is 14.2 Å². The number of hydrogen-bond donors (Lipinski definition) is 2. The van der Waals surface area contributed by atoms with E-state index >= 15 is 0 Å². The molecule has 0 heterocycles. The molecule has 1 aromatic rings. The maximum Gasteiger partial charge on any atom is 0.244 e. The van der Waals surface area contributed by atoms with Crippen LogP contribution in [-0.2, 0) is 14.8 Å². The Labute approximate surface area is 124 Å². The molecule has 0 saturated heterocycles. The Kier molecular flexibility index (Phi) is 6.90. The Morgan fingerprint density at radius 2 is 1.95 bits per heavy atom. The highest BCUT2D eigenvalue weighted by molar-refractivity contribution is 7.89. The summed E-state index contributed by atoms with van der Waals surface area (Å²) in [6.45, 7) is 0.0224. The summed E-state index contributed by atoms with van der Waals surface area (Å²) in [6, 6.07) is 3.92. The molecule has 0 amide bonds. The van der Waals surface area contributed by atoms with Gasteiger partial charge >= 0.3 is 0 Å². The number of ether oxygens (including phenoxy) is 3. The second kappa shape index (κ2) is 8.18. The molecule has 8 heteroatoms. The van der Waals surface area contributed by atoms with Crippen molar-refractivity contribution >= 4 is 10.0 Å². The minimum atomic E-state index is -3.79. The van der Waals surface area contributed by atoms with E-state index < -0.39 is 16.1 Å². The minimum Gasteiger partial charge on any atom is -0.497 e. The molecular weight excluding hydrogens is 298 g/mol. The SMILES string of the molecule is COCC(CCO)NS(=O)(=O)c1ccc(OC)cc1OC. The molecule has 21 heavy (non-hydrogen) atoms. The smallest absolute Gasteiger partial charge is 0.244 e. The summed E-state index contributed by atoms with van der Waals surface area (Å²) in [5.41, 5.74) is 0. The second-order valence-corrected chi connectivity index (χ2v) is 5.99. The predicted molar refractivity (Wildman–Crippen MR) is 77.2 cm³/mol. The quantitative estimate of drug-likeness (QED) is 0.683. The molecule has 0 aliphatic rings. The zero-order chi connectivity index (χ0) is 15.9. The molecule has 0 aliphatic carbocycles. The van der Waals surface area contributed by atoms with E-state index in [4.69, 9.17) is 19.3 Å². The van der Waals surface area contributed by atoms with Crippen LogP contribution in [0, 0.1) is 0 Å². The van der Waals surface area contributed by atoms with E-state index in [0.717, 1.165) is 0 Å². The van der Waals surface area contributed by atoms with Crippen molar-refractivity contribution in [2.24, 2.45) is 0 Å². The van der Waals surface area contributed by atoms with Crippen LogP contribution in [0.5, 0.6) is 11.5 Å². The van der Waals surface area contributed by atoms with Crippen molar-refractivity contribution < 1.29 is 27.7 Å². The molecule has 0 bridgehead atoms. The first kappa shape index (κ1) is 17.7. The van der Waals surface area contributed by atoms with E-state index in [0.29, 0.717) is 5.75 Å². The van der Waals surface area contributed by atoms with Crippen LogP contribution in [0.25, 0.3) is 0 Å². The molecule has 1 rings (SSSR count). The molecule has 0 aromatic heterocycles. The molecule has 0 fully saturated rings. The minimum absolute atomic E-state index is 0.00448. The van der Waals surface area contributed by atoms with Crippen molar-refractivity contribution in [3.63, 3.8) is 0 Å². The number of benzene rings is 1. The number of nitrogens with one attached hydrogen (secondary N) is 1. The van der Waals surface area contributed by atoms with Gasteiger partial charge in [0.25, 0.3) is 0 Å². The third kappa shape index (κ3) is 4.85. The first-order valence-electron chi connectivity index (χ1n) is 6.32. The van der Waals surface area contributed by atoms with Gasteiger partial charge in [0, 0.05) is 25.8 Å². The number of rotatable bonds is 9. The fourth-order valence-electron chi connectivity index (χ4n) is 1.81. The standard InChI is InChI=1S/C13H21NO6S/c1-18-9-10(6-7-15)14-21(16,17)13-5-4-11(19-2)8-12(13)20-3/h4-5,8,10,14-15H,6-7,9H2,1-3H3. The average molecular weight is 319 g/mol. The van der Waals surface area contributed by atoms with Crippen LogP contribution in [0.15, 0.2) is 23.1 Å². The van der Waals surface area contributed by atoms with E-state index in [1.807, 2.05) is 0 Å². The molecule has 1 atom stereocenters. The fourth-order valence-corrected chi connectivity index (χ4v) is 3.22. The molecule has 2 N–H and O–H groups in total. The predicted octanol–water partition coefficient (Wildman–Crippen LogP) is 0.379. The number of aliphatic hydroxyl groups is 1. The van der Waals surface area contributed by atoms with Gasteiger partial charge in [0.1, 0.15) is 16.4 Å². The third-order valence-corrected chi connectivity index (χ3v) is 4.39. The molecule has 0 saturated carbocycles. The van der Waals surface area contributed by atoms with Crippen molar-refractivity contribution in [3.8, 4) is 11.5 Å². The largest absolute Gasteiger partial charge is 0.497 e. The maximum atomic E-state index is 12.4. The van der Waals surface area contributed by atoms with Gasteiger partial charge in [-0.1, -0.05) is 0 Å². The highest BCUT2D eigenvalue weighted by Gasteiger charge is 2.23. The van der Waals surface area contributed by atoms with Crippen LogP contribution >= 0.6 is 0 Å². The first-order chi connectivity index (χ1) is 9.98. The van der Waals surface area contributed by atoms with Gasteiger partial charge < -0.3 is 19.3 Å². The van der Waals surface area contributed by atoms with Gasteiger partial charge in [-0.2, -0.15) is 0 Å². The Bertz CT molecular complexity index is 540. The van der Waals surface area contributed by atoms with E-state index in [1.54, 1.807) is 0 Å². The molecule has 7 nitrogen and oxygen atoms in total. The van der Waals surface area contributed by atoms with Gasteiger partial charge in [-0.05, 0) is 18.6 Å². The summed E-state index contributed by atoms with van der Waals surface area (Å²) >= 11 is 0. The van der Waals surface area contributed by atoms with E-state index in [-0.39, 0.29) is 30.3 Å². The second-order valence-electron chi connectivity index (χ2n) is 4.30. The summed E-state index contributed by atoms with van der Waals surface area (Å²) in [5.74, 6) is 0.677. The first-order valence-corrected chi connectivity index (χ1v) is 7.81. The van der Waals surface area contributed by atoms with Crippen LogP contribution in [0.1, 0.15) is 6.42 Å². The average Bonchev–Trinajstić information content (AvgIpc) is 2.46. The van der Waals surface area contributed by atoms with Crippen molar-refractivity contribution in [2.75, 3.05) is 34.5 Å². The van der Waals surface area contributed by atoms with E-state index in [1.165, 1.54) is 39.5 Å². The zero-order valence-electron chi connectivity index (χ0n) is 12.3. The summed E-state index contributed by atoms with van der Waals surface area (Å²) in [4.78, 5) is 0.00448.